The van der Waals surface area contributed by atoms with Crippen LogP contribution in [0.2, 0.25) is 0 Å². The number of amides is 1. The third-order valence-corrected chi connectivity index (χ3v) is 8.90. The fraction of sp³-hybridized carbons (Fsp3) is 0.652. The number of carbonyl (C=O) groups excluding carboxylic acids is 1. The SMILES string of the molecule is CSCC[C@H](NC(=O)CC12CC3CC(CC(Br)(C3)C1)C2)c1nc2ccccc2[nH]1. The van der Waals surface area contributed by atoms with E-state index in [1.807, 2.05) is 36.0 Å². The van der Waals surface area contributed by atoms with Gasteiger partial charge in [-0.05, 0) is 86.3 Å². The van der Waals surface area contributed by atoms with Gasteiger partial charge in [-0.15, -0.1) is 0 Å². The molecule has 4 saturated carbocycles. The van der Waals surface area contributed by atoms with E-state index in [4.69, 9.17) is 4.98 Å². The van der Waals surface area contributed by atoms with Gasteiger partial charge in [0.1, 0.15) is 5.82 Å². The number of hydrogen-bond donors (Lipinski definition) is 2. The van der Waals surface area contributed by atoms with Gasteiger partial charge in [-0.2, -0.15) is 11.8 Å². The van der Waals surface area contributed by atoms with Gasteiger partial charge in [-0.25, -0.2) is 4.98 Å². The molecular weight excluding hydrogens is 446 g/mol. The van der Waals surface area contributed by atoms with Crippen LogP contribution in [-0.4, -0.2) is 32.2 Å². The number of aromatic nitrogens is 2. The third kappa shape index (κ3) is 3.99. The molecule has 1 amide bonds. The molecule has 1 aromatic carbocycles. The number of fused-ring (bicyclic) bond motifs is 1. The van der Waals surface area contributed by atoms with Crippen LogP contribution in [0.25, 0.3) is 11.0 Å². The molecule has 0 saturated heterocycles. The van der Waals surface area contributed by atoms with Gasteiger partial charge in [0.2, 0.25) is 5.91 Å². The smallest absolute Gasteiger partial charge is 0.221 e. The highest BCUT2D eigenvalue weighted by atomic mass is 79.9. The highest BCUT2D eigenvalue weighted by molar-refractivity contribution is 9.10. The Bertz CT molecular complexity index is 865. The molecule has 1 heterocycles. The molecule has 6 heteroatoms. The van der Waals surface area contributed by atoms with E-state index in [1.165, 1.54) is 38.5 Å². The molecule has 4 aliphatic rings. The molecule has 2 unspecified atom stereocenters. The molecule has 4 bridgehead atoms. The van der Waals surface area contributed by atoms with Gasteiger partial charge in [-0.3, -0.25) is 4.79 Å². The van der Waals surface area contributed by atoms with E-state index < -0.39 is 0 Å². The third-order valence-electron chi connectivity index (χ3n) is 7.33. The topological polar surface area (TPSA) is 57.8 Å². The summed E-state index contributed by atoms with van der Waals surface area (Å²) in [6.45, 7) is 0. The van der Waals surface area contributed by atoms with Gasteiger partial charge in [0.05, 0.1) is 17.1 Å². The number of nitrogens with zero attached hydrogens (tertiary/aromatic N) is 1. The Labute approximate surface area is 185 Å². The molecule has 2 N–H and O–H groups in total. The average Bonchev–Trinajstić information content (AvgIpc) is 3.06. The lowest BCUT2D eigenvalue weighted by atomic mass is 9.48. The number of thioether (sulfide) groups is 1. The van der Waals surface area contributed by atoms with Crippen LogP contribution in [0, 0.1) is 17.3 Å². The zero-order chi connectivity index (χ0) is 20.1. The summed E-state index contributed by atoms with van der Waals surface area (Å²) in [5.41, 5.74) is 2.21. The number of hydrogen-bond acceptors (Lipinski definition) is 3. The number of H-pyrrole nitrogens is 1. The van der Waals surface area contributed by atoms with Crippen LogP contribution >= 0.6 is 27.7 Å². The molecular formula is C23H30BrN3OS. The van der Waals surface area contributed by atoms with E-state index in [0.29, 0.717) is 10.7 Å². The minimum atomic E-state index is -0.0470. The lowest BCUT2D eigenvalue weighted by Crippen LogP contribution is -2.54. The van der Waals surface area contributed by atoms with Crippen molar-refractivity contribution in [3.8, 4) is 0 Å². The summed E-state index contributed by atoms with van der Waals surface area (Å²) in [5, 5.41) is 3.36. The van der Waals surface area contributed by atoms with E-state index in [0.717, 1.165) is 40.9 Å². The van der Waals surface area contributed by atoms with Crippen molar-refractivity contribution >= 4 is 44.6 Å². The summed E-state index contributed by atoms with van der Waals surface area (Å²) in [7, 11) is 0. The summed E-state index contributed by atoms with van der Waals surface area (Å²) in [6, 6.07) is 8.04. The molecule has 0 radical (unpaired) electrons. The van der Waals surface area contributed by atoms with Crippen LogP contribution in [-0.2, 0) is 4.79 Å². The van der Waals surface area contributed by atoms with E-state index >= 15 is 0 Å². The first-order valence-corrected chi connectivity index (χ1v) is 13.1. The van der Waals surface area contributed by atoms with Crippen molar-refractivity contribution in [1.29, 1.82) is 0 Å². The number of halogens is 1. The Morgan fingerprint density at radius 3 is 2.76 bits per heavy atom. The number of imidazole rings is 1. The molecule has 6 rings (SSSR count). The van der Waals surface area contributed by atoms with Crippen molar-refractivity contribution in [2.75, 3.05) is 12.0 Å². The first-order valence-electron chi connectivity index (χ1n) is 10.9. The van der Waals surface area contributed by atoms with Gasteiger partial charge in [0, 0.05) is 10.7 Å². The second kappa shape index (κ2) is 7.60. The highest BCUT2D eigenvalue weighted by Crippen LogP contribution is 2.65. The van der Waals surface area contributed by atoms with Crippen molar-refractivity contribution in [3.63, 3.8) is 0 Å². The zero-order valence-corrected chi connectivity index (χ0v) is 19.4. The molecule has 4 nitrogen and oxygen atoms in total. The van der Waals surface area contributed by atoms with Crippen molar-refractivity contribution in [1.82, 2.24) is 15.3 Å². The fourth-order valence-electron chi connectivity index (χ4n) is 6.78. The fourth-order valence-corrected chi connectivity index (χ4v) is 8.76. The molecule has 3 atom stereocenters. The van der Waals surface area contributed by atoms with E-state index in [9.17, 15) is 4.79 Å². The van der Waals surface area contributed by atoms with Gasteiger partial charge in [-0.1, -0.05) is 28.1 Å². The van der Waals surface area contributed by atoms with Crippen LogP contribution < -0.4 is 5.32 Å². The maximum absolute atomic E-state index is 13.2. The number of aromatic amines is 1. The van der Waals surface area contributed by atoms with E-state index in [2.05, 4.69) is 32.5 Å². The predicted octanol–water partition coefficient (Wildman–Crippen LogP) is 5.60. The monoisotopic (exact) mass is 475 g/mol. The Morgan fingerprint density at radius 1 is 1.31 bits per heavy atom. The summed E-state index contributed by atoms with van der Waals surface area (Å²) in [4.78, 5) is 21.4. The number of alkyl halides is 1. The van der Waals surface area contributed by atoms with Crippen molar-refractivity contribution in [2.24, 2.45) is 17.3 Å². The number of rotatable bonds is 7. The van der Waals surface area contributed by atoms with Crippen LogP contribution in [0.3, 0.4) is 0 Å². The van der Waals surface area contributed by atoms with Crippen LogP contribution in [0.1, 0.15) is 63.2 Å². The van der Waals surface area contributed by atoms with Gasteiger partial charge in [0.25, 0.3) is 0 Å². The van der Waals surface area contributed by atoms with Crippen LogP contribution in [0.15, 0.2) is 24.3 Å². The first kappa shape index (κ1) is 19.9. The molecule has 29 heavy (non-hydrogen) atoms. The quantitative estimate of drug-likeness (QED) is 0.512. The Morgan fingerprint density at radius 2 is 2.07 bits per heavy atom. The maximum Gasteiger partial charge on any atom is 0.221 e. The molecule has 0 spiro atoms. The van der Waals surface area contributed by atoms with Gasteiger partial charge >= 0.3 is 0 Å². The standard InChI is InChI=1S/C23H30BrN3OS/c1-29-7-6-19(21-26-17-4-2-3-5-18(17)27-21)25-20(28)13-22-9-15-8-16(10-22)12-23(24,11-15)14-22/h2-5,15-16,19H,6-14H2,1H3,(H,25,28)(H,26,27)/t15?,16?,19-,22?,23?/m0/s1. The molecule has 1 aromatic heterocycles. The summed E-state index contributed by atoms with van der Waals surface area (Å²) in [5.74, 6) is 3.71. The first-order chi connectivity index (χ1) is 14.0. The summed E-state index contributed by atoms with van der Waals surface area (Å²) < 4.78 is 0.300. The van der Waals surface area contributed by atoms with E-state index in [-0.39, 0.29) is 17.4 Å². The number of para-hydroxylation sites is 2. The Hall–Kier alpha value is -1.01. The van der Waals surface area contributed by atoms with E-state index in [1.54, 1.807) is 0 Å². The Kier molecular flexibility index (Phi) is 5.22. The number of nitrogens with one attached hydrogen (secondary N) is 2. The van der Waals surface area contributed by atoms with Crippen molar-refractivity contribution < 1.29 is 4.79 Å². The minimum Gasteiger partial charge on any atom is -0.346 e. The predicted molar refractivity (Wildman–Crippen MR) is 123 cm³/mol. The van der Waals surface area contributed by atoms with Gasteiger partial charge < -0.3 is 10.3 Å². The number of carbonyl (C=O) groups is 1. The minimum absolute atomic E-state index is 0.0470. The maximum atomic E-state index is 13.2. The second-order valence-corrected chi connectivity index (χ2v) is 12.5. The Balaban J connectivity index is 1.32. The van der Waals surface area contributed by atoms with Crippen LogP contribution in [0.5, 0.6) is 0 Å². The largest absolute Gasteiger partial charge is 0.346 e. The molecule has 156 valence electrons. The normalized spacial score (nSPS) is 33.9. The summed E-state index contributed by atoms with van der Waals surface area (Å²) >= 11 is 5.89. The van der Waals surface area contributed by atoms with Crippen molar-refractivity contribution in [3.05, 3.63) is 30.1 Å². The average molecular weight is 476 g/mol. The zero-order valence-electron chi connectivity index (χ0n) is 17.0. The number of benzene rings is 1. The highest BCUT2D eigenvalue weighted by Gasteiger charge is 2.57. The van der Waals surface area contributed by atoms with Crippen LogP contribution in [0.4, 0.5) is 0 Å². The summed E-state index contributed by atoms with van der Waals surface area (Å²) in [6.07, 6.45) is 11.3. The molecule has 4 fully saturated rings. The van der Waals surface area contributed by atoms with Crippen molar-refractivity contribution in [2.45, 2.75) is 61.7 Å². The lowest BCUT2D eigenvalue weighted by Gasteiger charge is -2.60. The van der Waals surface area contributed by atoms with Gasteiger partial charge in [0.15, 0.2) is 0 Å². The molecule has 2 aromatic rings. The molecule has 0 aliphatic heterocycles. The molecule has 4 aliphatic carbocycles. The second-order valence-electron chi connectivity index (χ2n) is 9.83. The lowest BCUT2D eigenvalue weighted by molar-refractivity contribution is -0.129.